The maximum absolute atomic E-state index is 2.49. The van der Waals surface area contributed by atoms with E-state index in [-0.39, 0.29) is 0 Å². The predicted octanol–water partition coefficient (Wildman–Crippen LogP) is 9.30. The van der Waals surface area contributed by atoms with Gasteiger partial charge in [0.2, 0.25) is 0 Å². The fourth-order valence-corrected chi connectivity index (χ4v) is 14.0. The van der Waals surface area contributed by atoms with Gasteiger partial charge in [-0.2, -0.15) is 0 Å². The second kappa shape index (κ2) is 7.51. The number of rotatable bonds is 0. The van der Waals surface area contributed by atoms with Gasteiger partial charge in [0.1, 0.15) is 0 Å². The molecule has 0 aliphatic rings. The Labute approximate surface area is 238 Å². The van der Waals surface area contributed by atoms with Crippen molar-refractivity contribution in [2.75, 3.05) is 0 Å². The normalized spacial score (nSPS) is 12.7. The van der Waals surface area contributed by atoms with Gasteiger partial charge >= 0.3 is 241 Å². The summed E-state index contributed by atoms with van der Waals surface area (Å²) in [5.74, 6) is 0. The summed E-state index contributed by atoms with van der Waals surface area (Å²) in [4.78, 5) is 4.68. The van der Waals surface area contributed by atoms with Crippen LogP contribution in [0.5, 0.6) is 0 Å². The molecule has 176 valence electrons. The van der Waals surface area contributed by atoms with Crippen molar-refractivity contribution in [2.45, 2.75) is 0 Å². The molecule has 0 spiro atoms. The van der Waals surface area contributed by atoms with E-state index in [1.54, 1.807) is 8.52 Å². The van der Waals surface area contributed by atoms with Gasteiger partial charge in [-0.25, -0.2) is 0 Å². The maximum atomic E-state index is 2.49. The third kappa shape index (κ3) is 2.92. The molecule has 10 aromatic rings. The first-order valence-electron chi connectivity index (χ1n) is 12.6. The van der Waals surface area contributed by atoms with Gasteiger partial charge in [-0.15, -0.1) is 0 Å². The first-order chi connectivity index (χ1) is 18.7. The Morgan fingerprint density at radius 3 is 1.53 bits per heavy atom. The van der Waals surface area contributed by atoms with Crippen LogP contribution in [0.3, 0.4) is 0 Å². The third-order valence-electron chi connectivity index (χ3n) is 8.05. The van der Waals surface area contributed by atoms with Crippen LogP contribution < -0.4 is 0 Å². The SMILES string of the molecule is c1cc2cc3cc4cc5[se]c6c7cc8cc9cc%10[se]ccc%10cc9cc8cc7sc6c5cc4cc3cc2[se]1. The average molecular weight is 693 g/mol. The summed E-state index contributed by atoms with van der Waals surface area (Å²) in [7, 11) is 0. The van der Waals surface area contributed by atoms with E-state index in [2.05, 4.69) is 94.8 Å². The minimum atomic E-state index is 0.342. The van der Waals surface area contributed by atoms with E-state index in [9.17, 15) is 0 Å². The van der Waals surface area contributed by atoms with Gasteiger partial charge in [0, 0.05) is 0 Å². The van der Waals surface area contributed by atoms with Crippen LogP contribution >= 0.6 is 11.3 Å². The van der Waals surface area contributed by atoms with Crippen LogP contribution in [0.25, 0.3) is 91.1 Å². The quantitative estimate of drug-likeness (QED) is 0.110. The van der Waals surface area contributed by atoms with E-state index in [0.717, 1.165) is 0 Å². The number of benzene rings is 6. The molecular weight excluding hydrogens is 677 g/mol. The van der Waals surface area contributed by atoms with Crippen LogP contribution in [0.4, 0.5) is 0 Å². The molecule has 6 aromatic carbocycles. The van der Waals surface area contributed by atoms with Crippen molar-refractivity contribution in [3.05, 3.63) is 94.8 Å². The average Bonchev–Trinajstić information content (AvgIpc) is 3.70. The summed E-state index contributed by atoms with van der Waals surface area (Å²) in [5.41, 5.74) is 0. The molecule has 4 aromatic heterocycles. The van der Waals surface area contributed by atoms with E-state index >= 15 is 0 Å². The molecule has 0 atom stereocenters. The first-order valence-corrected chi connectivity index (χ1v) is 18.8. The predicted molar refractivity (Wildman–Crippen MR) is 173 cm³/mol. The monoisotopic (exact) mass is 696 g/mol. The molecule has 0 bridgehead atoms. The van der Waals surface area contributed by atoms with Gasteiger partial charge in [-0.1, -0.05) is 0 Å². The summed E-state index contributed by atoms with van der Waals surface area (Å²) >= 11 is 3.31. The Morgan fingerprint density at radius 2 is 0.895 bits per heavy atom. The molecule has 0 saturated heterocycles. The van der Waals surface area contributed by atoms with Gasteiger partial charge in [-0.3, -0.25) is 0 Å². The number of fused-ring (bicyclic) bond motifs is 11. The van der Waals surface area contributed by atoms with Gasteiger partial charge in [-0.05, 0) is 0 Å². The fourth-order valence-electron chi connectivity index (χ4n) is 6.17. The second-order valence-electron chi connectivity index (χ2n) is 10.3. The summed E-state index contributed by atoms with van der Waals surface area (Å²) in [6, 6.07) is 33.8. The molecule has 0 N–H and O–H groups in total. The summed E-state index contributed by atoms with van der Waals surface area (Å²) in [6.45, 7) is 0. The van der Waals surface area contributed by atoms with Gasteiger partial charge in [0.15, 0.2) is 0 Å². The van der Waals surface area contributed by atoms with Crippen LogP contribution in [-0.2, 0) is 0 Å². The molecular formula is C34H16SSe3. The van der Waals surface area contributed by atoms with Crippen molar-refractivity contribution >= 4 is 146 Å². The van der Waals surface area contributed by atoms with Crippen molar-refractivity contribution in [2.24, 2.45) is 0 Å². The summed E-state index contributed by atoms with van der Waals surface area (Å²) < 4.78 is 9.10. The van der Waals surface area contributed by atoms with Crippen molar-refractivity contribution in [3.8, 4) is 0 Å². The summed E-state index contributed by atoms with van der Waals surface area (Å²) in [6.07, 6.45) is 0. The van der Waals surface area contributed by atoms with Crippen molar-refractivity contribution < 1.29 is 0 Å². The molecule has 0 amide bonds. The van der Waals surface area contributed by atoms with Crippen LogP contribution in [0, 0.1) is 0 Å². The van der Waals surface area contributed by atoms with Crippen LogP contribution in [0.1, 0.15) is 0 Å². The van der Waals surface area contributed by atoms with Gasteiger partial charge < -0.3 is 0 Å². The molecule has 4 heterocycles. The molecule has 0 saturated carbocycles. The van der Waals surface area contributed by atoms with Crippen molar-refractivity contribution in [3.63, 3.8) is 0 Å². The van der Waals surface area contributed by atoms with Crippen molar-refractivity contribution in [1.29, 1.82) is 0 Å². The zero-order chi connectivity index (χ0) is 24.5. The van der Waals surface area contributed by atoms with E-state index in [1.807, 2.05) is 11.3 Å². The number of hydrogen-bond donors (Lipinski definition) is 0. The van der Waals surface area contributed by atoms with Gasteiger partial charge in [0.05, 0.1) is 0 Å². The van der Waals surface area contributed by atoms with E-state index in [0.29, 0.717) is 43.5 Å². The van der Waals surface area contributed by atoms with Gasteiger partial charge in [0.25, 0.3) is 0 Å². The van der Waals surface area contributed by atoms with Crippen LogP contribution in [0.15, 0.2) is 94.8 Å². The molecule has 0 radical (unpaired) electrons. The topological polar surface area (TPSA) is 0 Å². The third-order valence-corrected chi connectivity index (χ3v) is 15.7. The number of hydrogen-bond acceptors (Lipinski definition) is 1. The summed E-state index contributed by atoms with van der Waals surface area (Å²) in [5, 5.41) is 16.7. The minimum absolute atomic E-state index is 0.342. The van der Waals surface area contributed by atoms with Crippen LogP contribution in [-0.4, -0.2) is 43.5 Å². The molecule has 0 nitrogen and oxygen atoms in total. The molecule has 4 heteroatoms. The van der Waals surface area contributed by atoms with Crippen LogP contribution in [0.2, 0.25) is 0 Å². The zero-order valence-corrected chi connectivity index (χ0v) is 25.8. The van der Waals surface area contributed by atoms with E-state index in [1.165, 1.54) is 82.6 Å². The standard InChI is InChI=1S/C34H16SSe3/c1-3-36-30-14-24-9-21-11-27-29(13-23(21)7-19(24)5-17(1)30)35-33-28-12-22-10-25-15-31-18(2-4-37-31)6-20(25)8-26(22)16-32(28)38-34(27)33/h1-16H. The number of thiophene rings is 1. The van der Waals surface area contributed by atoms with E-state index < -0.39 is 0 Å². The Morgan fingerprint density at radius 1 is 0.421 bits per heavy atom. The molecule has 0 fully saturated rings. The Bertz CT molecular complexity index is 2440. The fraction of sp³-hybridized carbons (Fsp3) is 0. The van der Waals surface area contributed by atoms with Crippen molar-refractivity contribution in [1.82, 2.24) is 0 Å². The Hall–Kier alpha value is -2.64. The Balaban J connectivity index is 1.24. The molecule has 10 rings (SSSR count). The molecule has 0 aliphatic heterocycles. The molecule has 0 unspecified atom stereocenters. The molecule has 38 heavy (non-hydrogen) atoms. The molecule has 0 aliphatic carbocycles. The zero-order valence-electron chi connectivity index (χ0n) is 19.9. The first kappa shape index (κ1) is 21.2. The Kier molecular flexibility index (Phi) is 4.19. The second-order valence-corrected chi connectivity index (χ2v) is 17.5. The van der Waals surface area contributed by atoms with E-state index in [4.69, 9.17) is 0 Å².